The molecule has 21 heavy (non-hydrogen) atoms. The molecule has 0 spiro atoms. The van der Waals surface area contributed by atoms with Crippen molar-refractivity contribution < 1.29 is 13.5 Å². The van der Waals surface area contributed by atoms with Crippen molar-refractivity contribution in [2.45, 2.75) is 56.4 Å². The van der Waals surface area contributed by atoms with E-state index in [1.54, 1.807) is 19.1 Å². The van der Waals surface area contributed by atoms with Crippen LogP contribution in [-0.4, -0.2) is 36.5 Å². The van der Waals surface area contributed by atoms with Gasteiger partial charge in [-0.15, -0.1) is 0 Å². The number of piperidine rings is 1. The maximum atomic E-state index is 12.7. The summed E-state index contributed by atoms with van der Waals surface area (Å²) in [5.74, 6) is 0. The van der Waals surface area contributed by atoms with Crippen molar-refractivity contribution in [2.24, 2.45) is 0 Å². The van der Waals surface area contributed by atoms with Crippen LogP contribution in [0.3, 0.4) is 0 Å². The van der Waals surface area contributed by atoms with Crippen LogP contribution >= 0.6 is 0 Å². The van der Waals surface area contributed by atoms with Gasteiger partial charge in [-0.3, -0.25) is 0 Å². The average Bonchev–Trinajstić information content (AvgIpc) is 2.36. The summed E-state index contributed by atoms with van der Waals surface area (Å²) in [6.45, 7) is 8.61. The van der Waals surface area contributed by atoms with Crippen molar-refractivity contribution in [1.82, 2.24) is 4.31 Å². The molecule has 2 rings (SSSR count). The topological polar surface area (TPSA) is 57.6 Å². The molecule has 0 amide bonds. The minimum Gasteiger partial charge on any atom is -0.389 e. The molecule has 1 N–H and O–H groups in total. The van der Waals surface area contributed by atoms with Crippen LogP contribution in [0.4, 0.5) is 0 Å². The number of benzene rings is 1. The number of nitrogens with zero attached hydrogens (tertiary/aromatic N) is 1. The van der Waals surface area contributed by atoms with Gasteiger partial charge in [0.1, 0.15) is 0 Å². The fourth-order valence-corrected chi connectivity index (χ4v) is 4.25. The smallest absolute Gasteiger partial charge is 0.243 e. The lowest BCUT2D eigenvalue weighted by molar-refractivity contribution is 0.00940. The van der Waals surface area contributed by atoms with E-state index in [9.17, 15) is 13.5 Å². The molecule has 1 unspecified atom stereocenters. The Balaban J connectivity index is 2.28. The predicted octanol–water partition coefficient (Wildman–Crippen LogP) is 2.52. The van der Waals surface area contributed by atoms with Gasteiger partial charge in [0, 0.05) is 13.1 Å². The van der Waals surface area contributed by atoms with Crippen LogP contribution in [0, 0.1) is 0 Å². The molecule has 1 aliphatic rings. The Labute approximate surface area is 127 Å². The van der Waals surface area contributed by atoms with E-state index in [1.165, 1.54) is 4.31 Å². The van der Waals surface area contributed by atoms with Crippen LogP contribution in [0.1, 0.15) is 46.1 Å². The molecular formula is C16H25NO3S. The molecule has 1 heterocycles. The summed E-state index contributed by atoms with van der Waals surface area (Å²) in [6.07, 6.45) is 1.33. The molecule has 118 valence electrons. The van der Waals surface area contributed by atoms with E-state index in [0.717, 1.165) is 5.56 Å². The zero-order valence-corrected chi connectivity index (χ0v) is 14.1. The first-order valence-electron chi connectivity index (χ1n) is 7.35. The Kier molecular flexibility index (Phi) is 4.21. The molecule has 0 saturated carbocycles. The van der Waals surface area contributed by atoms with E-state index in [1.807, 2.05) is 12.1 Å². The van der Waals surface area contributed by atoms with E-state index in [-0.39, 0.29) is 12.0 Å². The Morgan fingerprint density at radius 2 is 1.76 bits per heavy atom. The molecule has 4 nitrogen and oxygen atoms in total. The van der Waals surface area contributed by atoms with Gasteiger partial charge < -0.3 is 5.11 Å². The van der Waals surface area contributed by atoms with Gasteiger partial charge in [-0.1, -0.05) is 32.9 Å². The minimum atomic E-state index is -3.52. The van der Waals surface area contributed by atoms with Crippen molar-refractivity contribution in [3.8, 4) is 0 Å². The highest BCUT2D eigenvalue weighted by Crippen LogP contribution is 2.28. The maximum absolute atomic E-state index is 12.7. The molecule has 1 atom stereocenters. The van der Waals surface area contributed by atoms with Crippen LogP contribution in [-0.2, 0) is 15.4 Å². The van der Waals surface area contributed by atoms with E-state index < -0.39 is 15.6 Å². The molecule has 1 aromatic carbocycles. The molecule has 1 saturated heterocycles. The van der Waals surface area contributed by atoms with E-state index in [4.69, 9.17) is 0 Å². The highest BCUT2D eigenvalue weighted by molar-refractivity contribution is 7.89. The van der Waals surface area contributed by atoms with Crippen LogP contribution < -0.4 is 0 Å². The predicted molar refractivity (Wildman–Crippen MR) is 83.8 cm³/mol. The van der Waals surface area contributed by atoms with Crippen LogP contribution in [0.25, 0.3) is 0 Å². The molecule has 1 aliphatic heterocycles. The lowest BCUT2D eigenvalue weighted by Gasteiger charge is -2.36. The summed E-state index contributed by atoms with van der Waals surface area (Å²) in [7, 11) is -3.52. The first kappa shape index (κ1) is 16.5. The van der Waals surface area contributed by atoms with Gasteiger partial charge in [0.25, 0.3) is 0 Å². The standard InChI is InChI=1S/C16H25NO3S/c1-15(2,3)13-6-8-14(9-7-13)21(19,20)17-11-5-10-16(4,18)12-17/h6-9,18H,5,10-12H2,1-4H3. The number of hydrogen-bond acceptors (Lipinski definition) is 3. The van der Waals surface area contributed by atoms with Gasteiger partial charge in [0.2, 0.25) is 10.0 Å². The van der Waals surface area contributed by atoms with Gasteiger partial charge in [0.15, 0.2) is 0 Å². The fraction of sp³-hybridized carbons (Fsp3) is 0.625. The molecule has 0 aliphatic carbocycles. The zero-order valence-electron chi connectivity index (χ0n) is 13.3. The largest absolute Gasteiger partial charge is 0.389 e. The maximum Gasteiger partial charge on any atom is 0.243 e. The van der Waals surface area contributed by atoms with Gasteiger partial charge in [-0.25, -0.2) is 8.42 Å². The quantitative estimate of drug-likeness (QED) is 0.913. The second kappa shape index (κ2) is 5.38. The number of β-amino-alcohol motifs (C(OH)–C–C–N with tert-alkyl or cyclic N) is 1. The molecular weight excluding hydrogens is 286 g/mol. The Morgan fingerprint density at radius 3 is 2.24 bits per heavy atom. The summed E-state index contributed by atoms with van der Waals surface area (Å²) >= 11 is 0. The van der Waals surface area contributed by atoms with Crippen molar-refractivity contribution in [1.29, 1.82) is 0 Å². The number of rotatable bonds is 2. The fourth-order valence-electron chi connectivity index (χ4n) is 2.66. The van der Waals surface area contributed by atoms with Gasteiger partial charge in [-0.05, 0) is 42.9 Å². The lowest BCUT2D eigenvalue weighted by Crippen LogP contribution is -2.48. The Bertz CT molecular complexity index is 597. The average molecular weight is 311 g/mol. The SMILES string of the molecule is CC1(O)CCCN(S(=O)(=O)c2ccc(C(C)(C)C)cc2)C1. The summed E-state index contributed by atoms with van der Waals surface area (Å²) in [4.78, 5) is 0.299. The zero-order chi connectivity index (χ0) is 15.9. The summed E-state index contributed by atoms with van der Waals surface area (Å²) < 4.78 is 26.7. The first-order valence-corrected chi connectivity index (χ1v) is 8.79. The second-order valence-electron chi connectivity index (χ2n) is 7.21. The highest BCUT2D eigenvalue weighted by atomic mass is 32.2. The molecule has 0 bridgehead atoms. The van der Waals surface area contributed by atoms with Gasteiger partial charge in [0.05, 0.1) is 10.5 Å². The Hall–Kier alpha value is -0.910. The number of sulfonamides is 1. The second-order valence-corrected chi connectivity index (χ2v) is 9.15. The summed E-state index contributed by atoms with van der Waals surface area (Å²) in [6, 6.07) is 7.07. The normalized spacial score (nSPS) is 25.0. The third-order valence-electron chi connectivity index (χ3n) is 4.00. The summed E-state index contributed by atoms with van der Waals surface area (Å²) in [5, 5.41) is 10.1. The monoisotopic (exact) mass is 311 g/mol. The minimum absolute atomic E-state index is 0.00289. The van der Waals surface area contributed by atoms with Gasteiger partial charge >= 0.3 is 0 Å². The molecule has 0 aromatic heterocycles. The van der Waals surface area contributed by atoms with E-state index in [2.05, 4.69) is 20.8 Å². The van der Waals surface area contributed by atoms with Crippen LogP contribution in [0.5, 0.6) is 0 Å². The number of aliphatic hydroxyl groups is 1. The molecule has 5 heteroatoms. The van der Waals surface area contributed by atoms with Gasteiger partial charge in [-0.2, -0.15) is 4.31 Å². The van der Waals surface area contributed by atoms with Crippen molar-refractivity contribution in [3.63, 3.8) is 0 Å². The number of hydrogen-bond donors (Lipinski definition) is 1. The lowest BCUT2D eigenvalue weighted by atomic mass is 9.87. The van der Waals surface area contributed by atoms with Crippen molar-refractivity contribution >= 4 is 10.0 Å². The van der Waals surface area contributed by atoms with E-state index in [0.29, 0.717) is 24.3 Å². The first-order chi connectivity index (χ1) is 9.52. The molecule has 1 aromatic rings. The third kappa shape index (κ3) is 3.65. The van der Waals surface area contributed by atoms with Crippen LogP contribution in [0.2, 0.25) is 0 Å². The van der Waals surface area contributed by atoms with E-state index >= 15 is 0 Å². The highest BCUT2D eigenvalue weighted by Gasteiger charge is 2.35. The molecule has 0 radical (unpaired) electrons. The Morgan fingerprint density at radius 1 is 1.19 bits per heavy atom. The van der Waals surface area contributed by atoms with Crippen molar-refractivity contribution in [3.05, 3.63) is 29.8 Å². The third-order valence-corrected chi connectivity index (χ3v) is 5.86. The van der Waals surface area contributed by atoms with Crippen molar-refractivity contribution in [2.75, 3.05) is 13.1 Å². The molecule has 1 fully saturated rings. The van der Waals surface area contributed by atoms with Crippen LogP contribution in [0.15, 0.2) is 29.2 Å². The summed E-state index contributed by atoms with van der Waals surface area (Å²) in [5.41, 5.74) is 0.167.